The van der Waals surface area contributed by atoms with Crippen molar-refractivity contribution in [1.82, 2.24) is 0 Å². The molecule has 2 aromatic carbocycles. The Morgan fingerprint density at radius 1 is 1.05 bits per heavy atom. The SMILES string of the molecule is COC(/C=C/Cc1ccccc1)CC(=O)c1ccccc1. The fourth-order valence-corrected chi connectivity index (χ4v) is 2.12. The smallest absolute Gasteiger partial charge is 0.165 e. The van der Waals surface area contributed by atoms with Crippen molar-refractivity contribution in [2.24, 2.45) is 0 Å². The summed E-state index contributed by atoms with van der Waals surface area (Å²) in [7, 11) is 1.63. The molecular weight excluding hydrogens is 260 g/mol. The van der Waals surface area contributed by atoms with Crippen LogP contribution in [0.5, 0.6) is 0 Å². The molecule has 0 saturated heterocycles. The molecule has 0 spiro atoms. The predicted molar refractivity (Wildman–Crippen MR) is 85.5 cm³/mol. The first-order valence-corrected chi connectivity index (χ1v) is 7.11. The molecule has 0 aliphatic heterocycles. The maximum Gasteiger partial charge on any atom is 0.165 e. The fourth-order valence-electron chi connectivity index (χ4n) is 2.12. The number of ether oxygens (including phenoxy) is 1. The second-order valence-corrected chi connectivity index (χ2v) is 4.89. The molecule has 0 amide bonds. The van der Waals surface area contributed by atoms with E-state index < -0.39 is 0 Å². The third-order valence-corrected chi connectivity index (χ3v) is 3.33. The van der Waals surface area contributed by atoms with E-state index in [2.05, 4.69) is 18.2 Å². The van der Waals surface area contributed by atoms with Gasteiger partial charge in [0.2, 0.25) is 0 Å². The van der Waals surface area contributed by atoms with E-state index in [1.54, 1.807) is 7.11 Å². The first-order valence-electron chi connectivity index (χ1n) is 7.11. The van der Waals surface area contributed by atoms with Crippen LogP contribution in [0, 0.1) is 0 Å². The molecule has 0 aromatic heterocycles. The quantitative estimate of drug-likeness (QED) is 0.564. The van der Waals surface area contributed by atoms with Gasteiger partial charge < -0.3 is 4.74 Å². The van der Waals surface area contributed by atoms with Crippen LogP contribution in [0.1, 0.15) is 22.3 Å². The summed E-state index contributed by atoms with van der Waals surface area (Å²) in [5.41, 5.74) is 1.98. The number of ketones is 1. The lowest BCUT2D eigenvalue weighted by atomic mass is 10.0. The van der Waals surface area contributed by atoms with Crippen molar-refractivity contribution in [1.29, 1.82) is 0 Å². The van der Waals surface area contributed by atoms with Gasteiger partial charge in [-0.05, 0) is 12.0 Å². The average molecular weight is 280 g/mol. The van der Waals surface area contributed by atoms with Crippen molar-refractivity contribution in [2.75, 3.05) is 7.11 Å². The van der Waals surface area contributed by atoms with E-state index in [9.17, 15) is 4.79 Å². The van der Waals surface area contributed by atoms with E-state index in [1.165, 1.54) is 5.56 Å². The van der Waals surface area contributed by atoms with Gasteiger partial charge in [-0.2, -0.15) is 0 Å². The van der Waals surface area contributed by atoms with Gasteiger partial charge in [0.05, 0.1) is 6.10 Å². The molecule has 108 valence electrons. The maximum atomic E-state index is 12.1. The van der Waals surface area contributed by atoms with Crippen LogP contribution in [-0.4, -0.2) is 19.0 Å². The minimum absolute atomic E-state index is 0.104. The number of rotatable bonds is 7. The van der Waals surface area contributed by atoms with Crippen LogP contribution >= 0.6 is 0 Å². The highest BCUT2D eigenvalue weighted by molar-refractivity contribution is 5.96. The number of methoxy groups -OCH3 is 1. The van der Waals surface area contributed by atoms with Crippen LogP contribution in [0.15, 0.2) is 72.8 Å². The summed E-state index contributed by atoms with van der Waals surface area (Å²) in [6, 6.07) is 19.6. The summed E-state index contributed by atoms with van der Waals surface area (Å²) in [4.78, 5) is 12.1. The molecular formula is C19H20O2. The standard InChI is InChI=1S/C19H20O2/c1-21-18(14-8-11-16-9-4-2-5-10-16)15-19(20)17-12-6-3-7-13-17/h2-10,12-14,18H,11,15H2,1H3/b14-8+. The van der Waals surface area contributed by atoms with Crippen LogP contribution in [0.2, 0.25) is 0 Å². The number of benzene rings is 2. The topological polar surface area (TPSA) is 26.3 Å². The minimum atomic E-state index is -0.179. The number of carbonyl (C=O) groups is 1. The molecule has 0 heterocycles. The van der Waals surface area contributed by atoms with Crippen LogP contribution in [-0.2, 0) is 11.2 Å². The molecule has 2 rings (SSSR count). The molecule has 0 radical (unpaired) electrons. The zero-order valence-corrected chi connectivity index (χ0v) is 12.2. The first kappa shape index (κ1) is 15.2. The summed E-state index contributed by atoms with van der Waals surface area (Å²) in [5.74, 6) is 0.104. The summed E-state index contributed by atoms with van der Waals surface area (Å²) >= 11 is 0. The summed E-state index contributed by atoms with van der Waals surface area (Å²) in [6.45, 7) is 0. The van der Waals surface area contributed by atoms with Gasteiger partial charge in [-0.15, -0.1) is 0 Å². The number of carbonyl (C=O) groups excluding carboxylic acids is 1. The molecule has 0 saturated carbocycles. The molecule has 0 N–H and O–H groups in total. The summed E-state index contributed by atoms with van der Waals surface area (Å²) in [6.07, 6.45) is 5.06. The highest BCUT2D eigenvalue weighted by Gasteiger charge is 2.11. The second-order valence-electron chi connectivity index (χ2n) is 4.89. The zero-order valence-electron chi connectivity index (χ0n) is 12.2. The first-order chi connectivity index (χ1) is 10.3. The number of Topliss-reactive ketones (excluding diaryl/α,β-unsaturated/α-hetero) is 1. The lowest BCUT2D eigenvalue weighted by Crippen LogP contribution is -2.14. The number of hydrogen-bond donors (Lipinski definition) is 0. The Morgan fingerprint density at radius 2 is 1.67 bits per heavy atom. The highest BCUT2D eigenvalue weighted by atomic mass is 16.5. The van der Waals surface area contributed by atoms with E-state index in [-0.39, 0.29) is 11.9 Å². The van der Waals surface area contributed by atoms with Crippen molar-refractivity contribution in [2.45, 2.75) is 18.9 Å². The van der Waals surface area contributed by atoms with Crippen LogP contribution in [0.25, 0.3) is 0 Å². The molecule has 2 aromatic rings. The van der Waals surface area contributed by atoms with Gasteiger partial charge in [0.15, 0.2) is 5.78 Å². The van der Waals surface area contributed by atoms with Crippen molar-refractivity contribution in [3.63, 3.8) is 0 Å². The second kappa shape index (κ2) is 8.18. The molecule has 2 heteroatoms. The lowest BCUT2D eigenvalue weighted by molar-refractivity contribution is 0.0852. The van der Waals surface area contributed by atoms with Gasteiger partial charge in [0.1, 0.15) is 0 Å². The van der Waals surface area contributed by atoms with Gasteiger partial charge in [-0.25, -0.2) is 0 Å². The molecule has 0 aliphatic carbocycles. The van der Waals surface area contributed by atoms with E-state index in [0.717, 1.165) is 12.0 Å². The molecule has 0 bridgehead atoms. The molecule has 1 unspecified atom stereocenters. The van der Waals surface area contributed by atoms with Crippen LogP contribution in [0.3, 0.4) is 0 Å². The zero-order chi connectivity index (χ0) is 14.9. The Labute approximate surface area is 126 Å². The fraction of sp³-hybridized carbons (Fsp3) is 0.211. The Bertz CT molecular complexity index is 573. The van der Waals surface area contributed by atoms with E-state index in [4.69, 9.17) is 4.74 Å². The Morgan fingerprint density at radius 3 is 2.29 bits per heavy atom. The molecule has 2 nitrogen and oxygen atoms in total. The largest absolute Gasteiger partial charge is 0.377 e. The Balaban J connectivity index is 1.90. The lowest BCUT2D eigenvalue weighted by Gasteiger charge is -2.10. The highest BCUT2D eigenvalue weighted by Crippen LogP contribution is 2.09. The van der Waals surface area contributed by atoms with Crippen LogP contribution in [0.4, 0.5) is 0 Å². The summed E-state index contributed by atoms with van der Waals surface area (Å²) < 4.78 is 5.37. The average Bonchev–Trinajstić information content (AvgIpc) is 2.55. The third kappa shape index (κ3) is 5.01. The van der Waals surface area contributed by atoms with Crippen molar-refractivity contribution >= 4 is 5.78 Å². The van der Waals surface area contributed by atoms with Gasteiger partial charge in [-0.3, -0.25) is 4.79 Å². The number of hydrogen-bond acceptors (Lipinski definition) is 2. The normalized spacial score (nSPS) is 12.4. The molecule has 1 atom stereocenters. The Hall–Kier alpha value is -2.19. The molecule has 0 fully saturated rings. The Kier molecular flexibility index (Phi) is 5.92. The minimum Gasteiger partial charge on any atom is -0.377 e. The van der Waals surface area contributed by atoms with E-state index in [1.807, 2.05) is 54.6 Å². The predicted octanol–water partition coefficient (Wildman–Crippen LogP) is 4.07. The van der Waals surface area contributed by atoms with Crippen LogP contribution < -0.4 is 0 Å². The molecule has 0 aliphatic rings. The molecule has 21 heavy (non-hydrogen) atoms. The van der Waals surface area contributed by atoms with Gasteiger partial charge in [-0.1, -0.05) is 72.8 Å². The van der Waals surface area contributed by atoms with E-state index in [0.29, 0.717) is 6.42 Å². The summed E-state index contributed by atoms with van der Waals surface area (Å²) in [5, 5.41) is 0. The van der Waals surface area contributed by atoms with E-state index >= 15 is 0 Å². The van der Waals surface area contributed by atoms with Gasteiger partial charge >= 0.3 is 0 Å². The van der Waals surface area contributed by atoms with Crippen molar-refractivity contribution in [3.05, 3.63) is 83.9 Å². The van der Waals surface area contributed by atoms with Gasteiger partial charge in [0, 0.05) is 19.1 Å². The maximum absolute atomic E-state index is 12.1. The monoisotopic (exact) mass is 280 g/mol. The van der Waals surface area contributed by atoms with Gasteiger partial charge in [0.25, 0.3) is 0 Å². The number of allylic oxidation sites excluding steroid dienone is 1. The van der Waals surface area contributed by atoms with Crippen molar-refractivity contribution in [3.8, 4) is 0 Å². The third-order valence-electron chi connectivity index (χ3n) is 3.33. The van der Waals surface area contributed by atoms with Crippen molar-refractivity contribution < 1.29 is 9.53 Å².